The molecule has 5 nitrogen and oxygen atoms in total. The standard InChI is InChI=1S/C18H33N3O2/c1-3-10-19-18(23)15-8-11-21(12-9-15)13-17(22)20-16-6-4-14(2)5-7-16/h14-16H,3-13H2,1-2H3,(H,19,23)(H,20,22). The minimum atomic E-state index is 0.126. The molecule has 0 spiro atoms. The molecule has 0 atom stereocenters. The van der Waals surface area contributed by atoms with E-state index in [4.69, 9.17) is 0 Å². The third-order valence-electron chi connectivity index (χ3n) is 5.26. The van der Waals surface area contributed by atoms with Gasteiger partial charge in [0.05, 0.1) is 6.54 Å². The van der Waals surface area contributed by atoms with E-state index in [2.05, 4.69) is 29.4 Å². The van der Waals surface area contributed by atoms with Crippen molar-refractivity contribution in [2.24, 2.45) is 11.8 Å². The lowest BCUT2D eigenvalue weighted by molar-refractivity contribution is -0.127. The average Bonchev–Trinajstić information content (AvgIpc) is 2.55. The van der Waals surface area contributed by atoms with Crippen LogP contribution in [0.15, 0.2) is 0 Å². The van der Waals surface area contributed by atoms with Crippen molar-refractivity contribution in [2.45, 2.75) is 64.8 Å². The maximum Gasteiger partial charge on any atom is 0.234 e. The highest BCUT2D eigenvalue weighted by atomic mass is 16.2. The molecular weight excluding hydrogens is 290 g/mol. The Morgan fingerprint density at radius 3 is 2.30 bits per heavy atom. The van der Waals surface area contributed by atoms with Crippen LogP contribution in [0.25, 0.3) is 0 Å². The van der Waals surface area contributed by atoms with E-state index >= 15 is 0 Å². The molecule has 0 aromatic heterocycles. The Kier molecular flexibility index (Phi) is 7.34. The van der Waals surface area contributed by atoms with Gasteiger partial charge >= 0.3 is 0 Å². The fraction of sp³-hybridized carbons (Fsp3) is 0.889. The third-order valence-corrected chi connectivity index (χ3v) is 5.26. The van der Waals surface area contributed by atoms with Crippen molar-refractivity contribution in [3.63, 3.8) is 0 Å². The summed E-state index contributed by atoms with van der Waals surface area (Å²) >= 11 is 0. The fourth-order valence-corrected chi connectivity index (χ4v) is 3.63. The molecular formula is C18H33N3O2. The van der Waals surface area contributed by atoms with Crippen molar-refractivity contribution in [1.29, 1.82) is 0 Å². The predicted octanol–water partition coefficient (Wildman–Crippen LogP) is 1.92. The molecule has 0 aromatic rings. The van der Waals surface area contributed by atoms with Crippen LogP contribution in [0, 0.1) is 11.8 Å². The molecule has 132 valence electrons. The highest BCUT2D eigenvalue weighted by molar-refractivity contribution is 5.79. The highest BCUT2D eigenvalue weighted by Gasteiger charge is 2.26. The summed E-state index contributed by atoms with van der Waals surface area (Å²) in [6.45, 7) is 7.29. The van der Waals surface area contributed by atoms with Crippen LogP contribution >= 0.6 is 0 Å². The molecule has 1 saturated heterocycles. The van der Waals surface area contributed by atoms with E-state index in [0.717, 1.165) is 57.7 Å². The van der Waals surface area contributed by atoms with Gasteiger partial charge in [0, 0.05) is 18.5 Å². The molecule has 2 rings (SSSR count). The lowest BCUT2D eigenvalue weighted by Gasteiger charge is -2.32. The summed E-state index contributed by atoms with van der Waals surface area (Å²) < 4.78 is 0. The molecule has 0 aromatic carbocycles. The Labute approximate surface area is 140 Å². The van der Waals surface area contributed by atoms with E-state index in [9.17, 15) is 9.59 Å². The number of nitrogens with zero attached hydrogens (tertiary/aromatic N) is 1. The number of carbonyl (C=O) groups is 2. The number of carbonyl (C=O) groups excluding carboxylic acids is 2. The van der Waals surface area contributed by atoms with Crippen LogP contribution in [0.3, 0.4) is 0 Å². The molecule has 1 aliphatic heterocycles. The quantitative estimate of drug-likeness (QED) is 0.785. The molecule has 0 bridgehead atoms. The van der Waals surface area contributed by atoms with Crippen LogP contribution in [-0.4, -0.2) is 48.9 Å². The minimum absolute atomic E-state index is 0.126. The summed E-state index contributed by atoms with van der Waals surface area (Å²) in [7, 11) is 0. The minimum Gasteiger partial charge on any atom is -0.356 e. The van der Waals surface area contributed by atoms with E-state index in [1.807, 2.05) is 0 Å². The van der Waals surface area contributed by atoms with E-state index in [1.165, 1.54) is 12.8 Å². The Hall–Kier alpha value is -1.10. The zero-order valence-electron chi connectivity index (χ0n) is 14.8. The molecule has 23 heavy (non-hydrogen) atoms. The maximum absolute atomic E-state index is 12.2. The largest absolute Gasteiger partial charge is 0.356 e. The Balaban J connectivity index is 1.63. The molecule has 2 aliphatic rings. The van der Waals surface area contributed by atoms with Crippen LogP contribution in [-0.2, 0) is 9.59 Å². The lowest BCUT2D eigenvalue weighted by Crippen LogP contribution is -2.47. The van der Waals surface area contributed by atoms with Crippen molar-refractivity contribution < 1.29 is 9.59 Å². The number of hydrogen-bond acceptors (Lipinski definition) is 3. The molecule has 5 heteroatoms. The van der Waals surface area contributed by atoms with Gasteiger partial charge < -0.3 is 10.6 Å². The second-order valence-electron chi connectivity index (χ2n) is 7.37. The van der Waals surface area contributed by atoms with E-state index in [0.29, 0.717) is 12.6 Å². The van der Waals surface area contributed by atoms with Gasteiger partial charge in [-0.15, -0.1) is 0 Å². The van der Waals surface area contributed by atoms with Gasteiger partial charge in [-0.1, -0.05) is 13.8 Å². The van der Waals surface area contributed by atoms with Crippen LogP contribution < -0.4 is 10.6 Å². The SMILES string of the molecule is CCCNC(=O)C1CCN(CC(=O)NC2CCC(C)CC2)CC1. The molecule has 1 heterocycles. The van der Waals surface area contributed by atoms with Gasteiger partial charge in [0.1, 0.15) is 0 Å². The number of hydrogen-bond donors (Lipinski definition) is 2. The summed E-state index contributed by atoms with van der Waals surface area (Å²) in [5, 5.41) is 6.17. The molecule has 1 saturated carbocycles. The van der Waals surface area contributed by atoms with Gasteiger partial charge in [0.15, 0.2) is 0 Å². The maximum atomic E-state index is 12.2. The van der Waals surface area contributed by atoms with E-state index < -0.39 is 0 Å². The lowest BCUT2D eigenvalue weighted by atomic mass is 9.87. The first-order chi connectivity index (χ1) is 11.1. The van der Waals surface area contributed by atoms with Crippen molar-refractivity contribution in [1.82, 2.24) is 15.5 Å². The van der Waals surface area contributed by atoms with Crippen LogP contribution in [0.4, 0.5) is 0 Å². The van der Waals surface area contributed by atoms with Crippen LogP contribution in [0.1, 0.15) is 58.8 Å². The molecule has 1 aliphatic carbocycles. The number of piperidine rings is 1. The smallest absolute Gasteiger partial charge is 0.234 e. The molecule has 0 unspecified atom stereocenters. The average molecular weight is 323 g/mol. The molecule has 2 amide bonds. The second kappa shape index (κ2) is 9.26. The number of rotatable bonds is 6. The van der Waals surface area contributed by atoms with Gasteiger partial charge in [-0.2, -0.15) is 0 Å². The van der Waals surface area contributed by atoms with Crippen LogP contribution in [0.2, 0.25) is 0 Å². The zero-order valence-corrected chi connectivity index (χ0v) is 14.8. The monoisotopic (exact) mass is 323 g/mol. The molecule has 2 fully saturated rings. The summed E-state index contributed by atoms with van der Waals surface area (Å²) in [6, 6.07) is 0.371. The number of likely N-dealkylation sites (tertiary alicyclic amines) is 1. The van der Waals surface area contributed by atoms with Crippen molar-refractivity contribution in [2.75, 3.05) is 26.2 Å². The van der Waals surface area contributed by atoms with Gasteiger partial charge in [0.2, 0.25) is 11.8 Å². The van der Waals surface area contributed by atoms with Gasteiger partial charge in [-0.3, -0.25) is 14.5 Å². The van der Waals surface area contributed by atoms with Gasteiger partial charge in [-0.25, -0.2) is 0 Å². The number of amides is 2. The molecule has 2 N–H and O–H groups in total. The third kappa shape index (κ3) is 6.13. The summed E-state index contributed by atoms with van der Waals surface area (Å²) in [4.78, 5) is 26.3. The van der Waals surface area contributed by atoms with Crippen molar-refractivity contribution >= 4 is 11.8 Å². The summed E-state index contributed by atoms with van der Waals surface area (Å²) in [6.07, 6.45) is 7.39. The normalized spacial score (nSPS) is 26.7. The molecule has 0 radical (unpaired) electrons. The fourth-order valence-electron chi connectivity index (χ4n) is 3.63. The first-order valence-electron chi connectivity index (χ1n) is 9.38. The van der Waals surface area contributed by atoms with Crippen molar-refractivity contribution in [3.8, 4) is 0 Å². The predicted molar refractivity (Wildman–Crippen MR) is 92.0 cm³/mol. The van der Waals surface area contributed by atoms with Gasteiger partial charge in [-0.05, 0) is 64.0 Å². The summed E-state index contributed by atoms with van der Waals surface area (Å²) in [5.41, 5.74) is 0. The van der Waals surface area contributed by atoms with E-state index in [-0.39, 0.29) is 17.7 Å². The van der Waals surface area contributed by atoms with Crippen molar-refractivity contribution in [3.05, 3.63) is 0 Å². The zero-order chi connectivity index (χ0) is 16.7. The first kappa shape index (κ1) is 18.2. The number of nitrogens with one attached hydrogen (secondary N) is 2. The Bertz CT molecular complexity index is 384. The highest BCUT2D eigenvalue weighted by Crippen LogP contribution is 2.23. The Morgan fingerprint density at radius 1 is 1.04 bits per heavy atom. The first-order valence-corrected chi connectivity index (χ1v) is 9.38. The summed E-state index contributed by atoms with van der Waals surface area (Å²) in [5.74, 6) is 1.27. The van der Waals surface area contributed by atoms with Gasteiger partial charge in [0.25, 0.3) is 0 Å². The topological polar surface area (TPSA) is 61.4 Å². The second-order valence-corrected chi connectivity index (χ2v) is 7.37. The van der Waals surface area contributed by atoms with Crippen LogP contribution in [0.5, 0.6) is 0 Å². The van der Waals surface area contributed by atoms with E-state index in [1.54, 1.807) is 0 Å². The Morgan fingerprint density at radius 2 is 1.70 bits per heavy atom.